The minimum absolute atomic E-state index is 0.0144. The molecule has 1 aromatic carbocycles. The molecule has 0 aliphatic carbocycles. The van der Waals surface area contributed by atoms with Gasteiger partial charge < -0.3 is 15.2 Å². The summed E-state index contributed by atoms with van der Waals surface area (Å²) >= 11 is 1.41. The molecule has 1 heterocycles. The highest BCUT2D eigenvalue weighted by atomic mass is 32.1. The third-order valence-corrected chi connectivity index (χ3v) is 3.45. The van der Waals surface area contributed by atoms with Crippen molar-refractivity contribution in [2.24, 2.45) is 5.73 Å². The summed E-state index contributed by atoms with van der Waals surface area (Å²) in [5.41, 5.74) is 6.19. The van der Waals surface area contributed by atoms with Gasteiger partial charge in [-0.2, -0.15) is 8.78 Å². The standard InChI is InChI=1S/C12H12F2N2O2S/c1-17-9-3-2-7(4-10(9)18-12(13)14)11-16-6-8(5-15)19-11/h2-4,6,12H,5,15H2,1H3. The smallest absolute Gasteiger partial charge is 0.387 e. The number of ether oxygens (including phenoxy) is 2. The van der Waals surface area contributed by atoms with Gasteiger partial charge >= 0.3 is 6.61 Å². The van der Waals surface area contributed by atoms with Gasteiger partial charge in [0, 0.05) is 23.2 Å². The van der Waals surface area contributed by atoms with Gasteiger partial charge in [0.15, 0.2) is 11.5 Å². The molecule has 0 bridgehead atoms. The van der Waals surface area contributed by atoms with Crippen LogP contribution in [0.5, 0.6) is 11.5 Å². The number of methoxy groups -OCH3 is 1. The van der Waals surface area contributed by atoms with E-state index in [9.17, 15) is 8.78 Å². The first kappa shape index (κ1) is 13.7. The maximum atomic E-state index is 12.3. The van der Waals surface area contributed by atoms with Crippen LogP contribution < -0.4 is 15.2 Å². The van der Waals surface area contributed by atoms with Crippen LogP contribution in [0.25, 0.3) is 10.6 Å². The number of halogens is 2. The molecule has 2 aromatic rings. The van der Waals surface area contributed by atoms with Gasteiger partial charge in [-0.1, -0.05) is 0 Å². The first-order valence-electron chi connectivity index (χ1n) is 5.42. The van der Waals surface area contributed by atoms with Crippen molar-refractivity contribution in [3.05, 3.63) is 29.3 Å². The molecule has 4 nitrogen and oxygen atoms in total. The van der Waals surface area contributed by atoms with Crippen LogP contribution in [0, 0.1) is 0 Å². The second-order valence-corrected chi connectivity index (χ2v) is 4.70. The predicted molar refractivity (Wildman–Crippen MR) is 68.6 cm³/mol. The van der Waals surface area contributed by atoms with Crippen molar-refractivity contribution in [1.29, 1.82) is 0 Å². The summed E-state index contributed by atoms with van der Waals surface area (Å²) in [5, 5.41) is 0.696. The number of hydrogen-bond acceptors (Lipinski definition) is 5. The van der Waals surface area contributed by atoms with Crippen molar-refractivity contribution in [2.75, 3.05) is 7.11 Å². The van der Waals surface area contributed by atoms with E-state index in [0.717, 1.165) is 4.88 Å². The summed E-state index contributed by atoms with van der Waals surface area (Å²) in [6, 6.07) is 4.77. The number of benzene rings is 1. The molecule has 0 aliphatic heterocycles. The highest BCUT2D eigenvalue weighted by molar-refractivity contribution is 7.15. The number of hydrogen-bond donors (Lipinski definition) is 1. The highest BCUT2D eigenvalue weighted by Crippen LogP contribution is 2.34. The fourth-order valence-electron chi connectivity index (χ4n) is 1.53. The molecule has 0 amide bonds. The zero-order valence-electron chi connectivity index (χ0n) is 10.1. The van der Waals surface area contributed by atoms with Crippen molar-refractivity contribution >= 4 is 11.3 Å². The van der Waals surface area contributed by atoms with E-state index in [4.69, 9.17) is 10.5 Å². The van der Waals surface area contributed by atoms with Crippen LogP contribution in [0.1, 0.15) is 4.88 Å². The van der Waals surface area contributed by atoms with Crippen molar-refractivity contribution < 1.29 is 18.3 Å². The fraction of sp³-hybridized carbons (Fsp3) is 0.250. The monoisotopic (exact) mass is 286 g/mol. The number of nitrogens with zero attached hydrogens (tertiary/aromatic N) is 1. The van der Waals surface area contributed by atoms with Crippen molar-refractivity contribution in [3.63, 3.8) is 0 Å². The summed E-state index contributed by atoms with van der Waals surface area (Å²) in [6.45, 7) is -2.51. The Hall–Kier alpha value is -1.73. The van der Waals surface area contributed by atoms with Crippen LogP contribution in [0.4, 0.5) is 8.78 Å². The van der Waals surface area contributed by atoms with E-state index in [1.165, 1.54) is 24.5 Å². The summed E-state index contributed by atoms with van der Waals surface area (Å²) in [5.74, 6) is 0.235. The number of thiazole rings is 1. The zero-order chi connectivity index (χ0) is 13.8. The maximum absolute atomic E-state index is 12.3. The third-order valence-electron chi connectivity index (χ3n) is 2.38. The topological polar surface area (TPSA) is 57.4 Å². The molecule has 19 heavy (non-hydrogen) atoms. The quantitative estimate of drug-likeness (QED) is 0.918. The largest absolute Gasteiger partial charge is 0.493 e. The third kappa shape index (κ3) is 3.18. The maximum Gasteiger partial charge on any atom is 0.387 e. The number of rotatable bonds is 5. The lowest BCUT2D eigenvalue weighted by atomic mass is 10.2. The molecular weight excluding hydrogens is 274 g/mol. The molecule has 0 saturated carbocycles. The van der Waals surface area contributed by atoms with Gasteiger partial charge in [0.2, 0.25) is 0 Å². The lowest BCUT2D eigenvalue weighted by Gasteiger charge is -2.10. The molecule has 0 aliphatic rings. The van der Waals surface area contributed by atoms with E-state index < -0.39 is 6.61 Å². The molecule has 102 valence electrons. The summed E-state index contributed by atoms with van der Waals surface area (Å²) in [4.78, 5) is 5.11. The van der Waals surface area contributed by atoms with Crippen LogP contribution in [0.3, 0.4) is 0 Å². The Labute approximate surface area is 112 Å². The second-order valence-electron chi connectivity index (χ2n) is 3.58. The van der Waals surface area contributed by atoms with Crippen LogP contribution in [-0.2, 0) is 6.54 Å². The molecule has 0 saturated heterocycles. The van der Waals surface area contributed by atoms with Gasteiger partial charge in [0.05, 0.1) is 7.11 Å². The fourth-order valence-corrected chi connectivity index (χ4v) is 2.32. The van der Waals surface area contributed by atoms with Gasteiger partial charge in [-0.3, -0.25) is 0 Å². The lowest BCUT2D eigenvalue weighted by Crippen LogP contribution is -2.03. The molecule has 0 atom stereocenters. The molecule has 0 radical (unpaired) electrons. The molecule has 0 spiro atoms. The molecular formula is C12H12F2N2O2S. The minimum atomic E-state index is -2.90. The zero-order valence-corrected chi connectivity index (χ0v) is 10.9. The van der Waals surface area contributed by atoms with Gasteiger partial charge in [-0.25, -0.2) is 4.98 Å². The predicted octanol–water partition coefficient (Wildman–Crippen LogP) is 2.88. The Balaban J connectivity index is 2.36. The first-order valence-corrected chi connectivity index (χ1v) is 6.23. The average molecular weight is 286 g/mol. The van der Waals surface area contributed by atoms with Gasteiger partial charge in [-0.05, 0) is 18.2 Å². The van der Waals surface area contributed by atoms with Crippen LogP contribution in [-0.4, -0.2) is 18.7 Å². The van der Waals surface area contributed by atoms with Crippen LogP contribution in [0.15, 0.2) is 24.4 Å². The van der Waals surface area contributed by atoms with Gasteiger partial charge in [-0.15, -0.1) is 11.3 Å². The summed E-state index contributed by atoms with van der Waals surface area (Å²) in [6.07, 6.45) is 1.66. The Morgan fingerprint density at radius 1 is 1.37 bits per heavy atom. The molecule has 2 N–H and O–H groups in total. The normalized spacial score (nSPS) is 10.8. The summed E-state index contributed by atoms with van der Waals surface area (Å²) in [7, 11) is 1.39. The molecule has 7 heteroatoms. The lowest BCUT2D eigenvalue weighted by molar-refractivity contribution is -0.0511. The average Bonchev–Trinajstić information content (AvgIpc) is 2.86. The minimum Gasteiger partial charge on any atom is -0.493 e. The molecule has 1 aromatic heterocycles. The van der Waals surface area contributed by atoms with E-state index in [-0.39, 0.29) is 11.5 Å². The number of aromatic nitrogens is 1. The van der Waals surface area contributed by atoms with E-state index in [1.807, 2.05) is 0 Å². The number of nitrogens with two attached hydrogens (primary N) is 1. The second kappa shape index (κ2) is 5.94. The van der Waals surface area contributed by atoms with Crippen LogP contribution in [0.2, 0.25) is 0 Å². The molecule has 0 unspecified atom stereocenters. The van der Waals surface area contributed by atoms with E-state index in [1.54, 1.807) is 18.3 Å². The van der Waals surface area contributed by atoms with E-state index >= 15 is 0 Å². The molecule has 2 rings (SSSR count). The highest BCUT2D eigenvalue weighted by Gasteiger charge is 2.13. The van der Waals surface area contributed by atoms with Crippen molar-refractivity contribution in [1.82, 2.24) is 4.98 Å². The van der Waals surface area contributed by atoms with Crippen LogP contribution >= 0.6 is 11.3 Å². The summed E-state index contributed by atoms with van der Waals surface area (Å²) < 4.78 is 34.0. The Bertz CT molecular complexity index is 560. The van der Waals surface area contributed by atoms with Gasteiger partial charge in [0.1, 0.15) is 5.01 Å². The Morgan fingerprint density at radius 2 is 2.16 bits per heavy atom. The number of alkyl halides is 2. The van der Waals surface area contributed by atoms with Gasteiger partial charge in [0.25, 0.3) is 0 Å². The van der Waals surface area contributed by atoms with E-state index in [2.05, 4.69) is 9.72 Å². The molecule has 0 fully saturated rings. The first-order chi connectivity index (χ1) is 9.13. The van der Waals surface area contributed by atoms with E-state index in [0.29, 0.717) is 17.1 Å². The van der Waals surface area contributed by atoms with Crippen molar-refractivity contribution in [3.8, 4) is 22.1 Å². The Kier molecular flexibility index (Phi) is 4.28. The Morgan fingerprint density at radius 3 is 2.74 bits per heavy atom. The SMILES string of the molecule is COc1ccc(-c2ncc(CN)s2)cc1OC(F)F. The van der Waals surface area contributed by atoms with Crippen molar-refractivity contribution in [2.45, 2.75) is 13.2 Å².